The van der Waals surface area contributed by atoms with Crippen LogP contribution in [0.5, 0.6) is 0 Å². The second kappa shape index (κ2) is 12.7. The number of allylic oxidation sites excluding steroid dienone is 3. The van der Waals surface area contributed by atoms with E-state index in [-0.39, 0.29) is 34.4 Å². The molecule has 0 spiro atoms. The highest BCUT2D eigenvalue weighted by atomic mass is 35.5. The number of rotatable bonds is 9. The number of hydrogen-bond donors (Lipinski definition) is 0. The van der Waals surface area contributed by atoms with Crippen LogP contribution in [0.1, 0.15) is 57.8 Å². The van der Waals surface area contributed by atoms with Crippen molar-refractivity contribution in [3.05, 3.63) is 38.0 Å². The van der Waals surface area contributed by atoms with Gasteiger partial charge in [-0.05, 0) is 75.5 Å². The maximum absolute atomic E-state index is 6.67. The first-order valence-corrected chi connectivity index (χ1v) is 13.9. The molecule has 31 heavy (non-hydrogen) atoms. The van der Waals surface area contributed by atoms with Crippen LogP contribution in [0.25, 0.3) is 0 Å². The lowest BCUT2D eigenvalue weighted by atomic mass is 9.87. The standard InChI is InChI=1S/C24H36Cl3O3P/c1-4-16-7-10-22(19(25)13-16)28-31(29-23-11-8-17(5-2)14-20(23)26)30-24-12-9-18(6-3)15-21(24)27/h4-6,16-24H,1-3,7-15H2. The summed E-state index contributed by atoms with van der Waals surface area (Å²) < 4.78 is 19.2. The van der Waals surface area contributed by atoms with Gasteiger partial charge in [0, 0.05) is 0 Å². The van der Waals surface area contributed by atoms with E-state index in [4.69, 9.17) is 48.4 Å². The van der Waals surface area contributed by atoms with Gasteiger partial charge < -0.3 is 13.6 Å². The highest BCUT2D eigenvalue weighted by Gasteiger charge is 2.39. The summed E-state index contributed by atoms with van der Waals surface area (Å²) in [7, 11) is -1.60. The van der Waals surface area contributed by atoms with Crippen molar-refractivity contribution in [2.75, 3.05) is 0 Å². The lowest BCUT2D eigenvalue weighted by Gasteiger charge is -2.38. The van der Waals surface area contributed by atoms with Crippen LogP contribution in [0.3, 0.4) is 0 Å². The van der Waals surface area contributed by atoms with Gasteiger partial charge in [0.15, 0.2) is 0 Å². The highest BCUT2D eigenvalue weighted by molar-refractivity contribution is 7.41. The van der Waals surface area contributed by atoms with Gasteiger partial charge in [-0.25, -0.2) is 0 Å². The maximum atomic E-state index is 6.67. The smallest absolute Gasteiger partial charge is 0.307 e. The van der Waals surface area contributed by atoms with E-state index in [2.05, 4.69) is 19.7 Å². The molecule has 0 heterocycles. The molecule has 0 aliphatic heterocycles. The van der Waals surface area contributed by atoms with Gasteiger partial charge >= 0.3 is 8.60 Å². The van der Waals surface area contributed by atoms with Crippen LogP contribution in [0.15, 0.2) is 38.0 Å². The normalized spacial score (nSPS) is 42.5. The second-order valence-corrected chi connectivity index (χ2v) is 11.9. The summed E-state index contributed by atoms with van der Waals surface area (Å²) in [6, 6.07) is 0. The molecule has 3 saturated carbocycles. The summed E-state index contributed by atoms with van der Waals surface area (Å²) >= 11 is 20.0. The average molecular weight is 510 g/mol. The maximum Gasteiger partial charge on any atom is 0.333 e. The molecular weight excluding hydrogens is 474 g/mol. The Balaban J connectivity index is 1.64. The quantitative estimate of drug-likeness (QED) is 0.178. The van der Waals surface area contributed by atoms with Crippen LogP contribution in [-0.2, 0) is 13.6 Å². The fraction of sp³-hybridized carbons (Fsp3) is 0.750. The van der Waals surface area contributed by atoms with Crippen LogP contribution in [0.2, 0.25) is 0 Å². The Hall–Kier alpha value is 0.400. The van der Waals surface area contributed by atoms with Gasteiger partial charge in [0.1, 0.15) is 0 Å². The Labute approximate surface area is 204 Å². The van der Waals surface area contributed by atoms with Crippen molar-refractivity contribution >= 4 is 43.4 Å². The van der Waals surface area contributed by atoms with Crippen molar-refractivity contribution in [3.8, 4) is 0 Å². The SMILES string of the molecule is C=CC1CCC(OP(OC2CCC(C=C)CC2Cl)OC2CCC(C=C)CC2Cl)C(Cl)C1. The van der Waals surface area contributed by atoms with Crippen molar-refractivity contribution in [1.82, 2.24) is 0 Å². The zero-order valence-corrected chi connectivity index (χ0v) is 21.4. The molecule has 3 nitrogen and oxygen atoms in total. The fourth-order valence-electron chi connectivity index (χ4n) is 4.76. The van der Waals surface area contributed by atoms with Crippen LogP contribution in [0, 0.1) is 17.8 Å². The molecule has 3 fully saturated rings. The van der Waals surface area contributed by atoms with Crippen LogP contribution in [-0.4, -0.2) is 34.4 Å². The van der Waals surface area contributed by atoms with Crippen molar-refractivity contribution in [1.29, 1.82) is 0 Å². The zero-order chi connectivity index (χ0) is 22.4. The highest BCUT2D eigenvalue weighted by Crippen LogP contribution is 2.51. The number of alkyl halides is 3. The third-order valence-corrected chi connectivity index (χ3v) is 9.63. The van der Waals surface area contributed by atoms with E-state index in [0.717, 1.165) is 57.8 Å². The van der Waals surface area contributed by atoms with Gasteiger partial charge in [-0.1, -0.05) is 18.2 Å². The number of hydrogen-bond acceptors (Lipinski definition) is 3. The van der Waals surface area contributed by atoms with Crippen LogP contribution >= 0.6 is 43.4 Å². The zero-order valence-electron chi connectivity index (χ0n) is 18.2. The lowest BCUT2D eigenvalue weighted by Crippen LogP contribution is -2.36. The third kappa shape index (κ3) is 7.44. The van der Waals surface area contributed by atoms with Gasteiger partial charge in [0.2, 0.25) is 0 Å². The minimum absolute atomic E-state index is 0.0828. The summed E-state index contributed by atoms with van der Waals surface area (Å²) in [5.41, 5.74) is 0. The molecule has 7 heteroatoms. The largest absolute Gasteiger partial charge is 0.333 e. The monoisotopic (exact) mass is 508 g/mol. The minimum atomic E-state index is -1.60. The molecule has 9 atom stereocenters. The van der Waals surface area contributed by atoms with E-state index >= 15 is 0 Å². The molecule has 0 radical (unpaired) electrons. The van der Waals surface area contributed by atoms with Crippen molar-refractivity contribution < 1.29 is 13.6 Å². The molecule has 9 unspecified atom stereocenters. The first-order chi connectivity index (χ1) is 14.9. The first-order valence-electron chi connectivity index (χ1n) is 11.5. The topological polar surface area (TPSA) is 27.7 Å². The predicted molar refractivity (Wildman–Crippen MR) is 133 cm³/mol. The summed E-state index contributed by atoms with van der Waals surface area (Å²) in [4.78, 5) is 0. The van der Waals surface area contributed by atoms with E-state index in [9.17, 15) is 0 Å². The van der Waals surface area contributed by atoms with Gasteiger partial charge in [-0.15, -0.1) is 54.5 Å². The Kier molecular flexibility index (Phi) is 10.7. The van der Waals surface area contributed by atoms with E-state index in [1.807, 2.05) is 18.2 Å². The summed E-state index contributed by atoms with van der Waals surface area (Å²) in [6.07, 6.45) is 14.0. The van der Waals surface area contributed by atoms with Crippen LogP contribution in [0.4, 0.5) is 0 Å². The summed E-state index contributed by atoms with van der Waals surface area (Å²) in [5, 5.41) is -0.248. The molecule has 0 saturated heterocycles. The van der Waals surface area contributed by atoms with Crippen molar-refractivity contribution in [2.24, 2.45) is 17.8 Å². The molecule has 3 aliphatic rings. The molecule has 0 aromatic carbocycles. The second-order valence-electron chi connectivity index (χ2n) is 9.13. The summed E-state index contributed by atoms with van der Waals surface area (Å²) in [6.45, 7) is 11.7. The van der Waals surface area contributed by atoms with Crippen molar-refractivity contribution in [3.63, 3.8) is 0 Å². The van der Waals surface area contributed by atoms with Gasteiger partial charge in [-0.3, -0.25) is 0 Å². The Bertz CT molecular complexity index is 526. The average Bonchev–Trinajstić information content (AvgIpc) is 2.77. The van der Waals surface area contributed by atoms with Gasteiger partial charge in [0.05, 0.1) is 34.4 Å². The molecule has 176 valence electrons. The van der Waals surface area contributed by atoms with Gasteiger partial charge in [0.25, 0.3) is 0 Å². The summed E-state index contributed by atoms with van der Waals surface area (Å²) in [5.74, 6) is 1.33. The van der Waals surface area contributed by atoms with E-state index < -0.39 is 8.60 Å². The fourth-order valence-corrected chi connectivity index (χ4v) is 7.76. The van der Waals surface area contributed by atoms with E-state index in [1.165, 1.54) is 0 Å². The van der Waals surface area contributed by atoms with Crippen LogP contribution < -0.4 is 0 Å². The molecule has 0 bridgehead atoms. The molecule has 0 amide bonds. The molecule has 0 aromatic heterocycles. The molecule has 0 N–H and O–H groups in total. The van der Waals surface area contributed by atoms with Crippen molar-refractivity contribution in [2.45, 2.75) is 92.2 Å². The third-order valence-electron chi connectivity index (χ3n) is 6.92. The molecular formula is C24H36Cl3O3P. The molecule has 0 aromatic rings. The lowest BCUT2D eigenvalue weighted by molar-refractivity contribution is 0.0319. The Morgan fingerprint density at radius 3 is 1.06 bits per heavy atom. The van der Waals surface area contributed by atoms with E-state index in [0.29, 0.717) is 17.8 Å². The Morgan fingerprint density at radius 1 is 0.548 bits per heavy atom. The van der Waals surface area contributed by atoms with E-state index in [1.54, 1.807) is 0 Å². The number of halogens is 3. The molecule has 3 aliphatic carbocycles. The first kappa shape index (κ1) is 26.0. The predicted octanol–water partition coefficient (Wildman–Crippen LogP) is 8.15. The minimum Gasteiger partial charge on any atom is -0.307 e. The Morgan fingerprint density at radius 2 is 0.839 bits per heavy atom. The van der Waals surface area contributed by atoms with Gasteiger partial charge in [-0.2, -0.15) is 0 Å². The molecule has 3 rings (SSSR count).